The second kappa shape index (κ2) is 6.60. The van der Waals surface area contributed by atoms with E-state index in [-0.39, 0.29) is 12.3 Å². The number of fused-ring (bicyclic) bond motifs is 1. The summed E-state index contributed by atoms with van der Waals surface area (Å²) in [7, 11) is -1.12. The molecule has 1 heterocycles. The maximum atomic E-state index is 12.4. The minimum absolute atomic E-state index is 0.170. The smallest absolute Gasteiger partial charge is 0.276 e. The molecule has 2 aromatic rings. The molecule has 0 fully saturated rings. The highest BCUT2D eigenvalue weighted by Crippen LogP contribution is 2.25. The third kappa shape index (κ3) is 4.39. The lowest BCUT2D eigenvalue weighted by atomic mass is 10.2. The first-order chi connectivity index (χ1) is 9.78. The van der Waals surface area contributed by atoms with Crippen molar-refractivity contribution in [3.05, 3.63) is 38.2 Å². The van der Waals surface area contributed by atoms with Crippen LogP contribution in [0.1, 0.15) is 0 Å². The molecule has 0 amide bonds. The number of hydrogen-bond donors (Lipinski definition) is 0. The molecule has 0 radical (unpaired) electrons. The van der Waals surface area contributed by atoms with Gasteiger partial charge in [-0.25, -0.2) is 4.68 Å². The molecule has 0 saturated carbocycles. The van der Waals surface area contributed by atoms with Crippen LogP contribution in [0, 0.1) is 0 Å². The van der Waals surface area contributed by atoms with Crippen LogP contribution in [0.3, 0.4) is 0 Å². The van der Waals surface area contributed by atoms with Crippen molar-refractivity contribution in [1.82, 2.24) is 9.78 Å². The van der Waals surface area contributed by atoms with Gasteiger partial charge in [-0.3, -0.25) is 4.79 Å². The van der Waals surface area contributed by atoms with Crippen molar-refractivity contribution >= 4 is 46.4 Å². The highest BCUT2D eigenvalue weighted by atomic mass is 79.9. The van der Waals surface area contributed by atoms with Gasteiger partial charge in [0.1, 0.15) is 6.73 Å². The fourth-order valence-corrected chi connectivity index (χ4v) is 3.50. The van der Waals surface area contributed by atoms with E-state index in [2.05, 4.69) is 40.7 Å². The maximum Gasteiger partial charge on any atom is 0.276 e. The van der Waals surface area contributed by atoms with E-state index in [9.17, 15) is 4.79 Å². The van der Waals surface area contributed by atoms with Gasteiger partial charge in [-0.15, -0.1) is 0 Å². The Labute approximate surface area is 138 Å². The van der Waals surface area contributed by atoms with Crippen LogP contribution in [-0.4, -0.2) is 24.5 Å². The molecule has 1 aromatic carbocycles. The molecule has 4 nitrogen and oxygen atoms in total. The van der Waals surface area contributed by atoms with E-state index in [1.807, 2.05) is 0 Å². The van der Waals surface area contributed by atoms with Gasteiger partial charge in [0.2, 0.25) is 0 Å². The summed E-state index contributed by atoms with van der Waals surface area (Å²) < 4.78 is 7.67. The van der Waals surface area contributed by atoms with Crippen molar-refractivity contribution in [2.45, 2.75) is 32.4 Å². The molecule has 0 N–H and O–H groups in total. The lowest BCUT2D eigenvalue weighted by Gasteiger charge is -2.15. The van der Waals surface area contributed by atoms with Gasteiger partial charge in [-0.2, -0.15) is 5.10 Å². The summed E-state index contributed by atoms with van der Waals surface area (Å²) in [6.45, 7) is 7.69. The van der Waals surface area contributed by atoms with Crippen LogP contribution in [-0.2, 0) is 11.5 Å². The average molecular weight is 390 g/mol. The minimum atomic E-state index is -1.12. The van der Waals surface area contributed by atoms with Crippen LogP contribution in [0.5, 0.6) is 0 Å². The highest BCUT2D eigenvalue weighted by Gasteiger charge is 2.13. The Morgan fingerprint density at radius 1 is 1.33 bits per heavy atom. The fourth-order valence-electron chi connectivity index (χ4n) is 1.83. The summed E-state index contributed by atoms with van der Waals surface area (Å²) in [4.78, 5) is 12.4. The highest BCUT2D eigenvalue weighted by molar-refractivity contribution is 9.10. The predicted molar refractivity (Wildman–Crippen MR) is 92.8 cm³/mol. The van der Waals surface area contributed by atoms with E-state index in [1.54, 1.807) is 18.3 Å². The monoisotopic (exact) mass is 388 g/mol. The molecule has 0 atom stereocenters. The van der Waals surface area contributed by atoms with Crippen molar-refractivity contribution in [3.63, 3.8) is 0 Å². The first kappa shape index (κ1) is 16.7. The topological polar surface area (TPSA) is 44.1 Å². The fraction of sp³-hybridized carbons (Fsp3) is 0.429. The Morgan fingerprint density at radius 3 is 2.71 bits per heavy atom. The zero-order valence-electron chi connectivity index (χ0n) is 12.3. The first-order valence-electron chi connectivity index (χ1n) is 6.70. The average Bonchev–Trinajstić information content (AvgIpc) is 2.36. The molecule has 0 aliphatic heterocycles. The number of nitrogens with zero attached hydrogens (tertiary/aromatic N) is 2. The zero-order valence-corrected chi connectivity index (χ0v) is 15.7. The molecule has 0 spiro atoms. The summed E-state index contributed by atoms with van der Waals surface area (Å²) in [6, 6.07) is 4.47. The van der Waals surface area contributed by atoms with Crippen molar-refractivity contribution in [1.29, 1.82) is 0 Å². The second-order valence-electron chi connectivity index (χ2n) is 6.15. The lowest BCUT2D eigenvalue weighted by molar-refractivity contribution is 0.0754. The molecule has 21 heavy (non-hydrogen) atoms. The Hall–Kier alpha value is -0.693. The normalized spacial score (nSPS) is 12.0. The van der Waals surface area contributed by atoms with E-state index in [0.717, 1.165) is 15.9 Å². The molecule has 7 heteroatoms. The maximum absolute atomic E-state index is 12.4. The third-order valence-electron chi connectivity index (χ3n) is 3.10. The summed E-state index contributed by atoms with van der Waals surface area (Å²) in [5.74, 6) is 0. The van der Waals surface area contributed by atoms with E-state index in [1.165, 1.54) is 4.68 Å². The predicted octanol–water partition coefficient (Wildman–Crippen LogP) is 4.12. The summed E-state index contributed by atoms with van der Waals surface area (Å²) in [6.07, 6.45) is 1.65. The van der Waals surface area contributed by atoms with Gasteiger partial charge in [0, 0.05) is 29.6 Å². The number of hydrogen-bond acceptors (Lipinski definition) is 3. The SMILES string of the molecule is C[Si](C)(C)CCOCn1ncc2c(Br)cc(Cl)cc2c1=O. The third-order valence-corrected chi connectivity index (χ3v) is 5.67. The van der Waals surface area contributed by atoms with Gasteiger partial charge in [0.25, 0.3) is 5.56 Å². The Bertz CT molecular complexity index is 712. The summed E-state index contributed by atoms with van der Waals surface area (Å²) in [5, 5.41) is 5.96. The van der Waals surface area contributed by atoms with E-state index in [4.69, 9.17) is 16.3 Å². The number of aromatic nitrogens is 2. The molecular formula is C14H18BrClN2O2Si. The molecule has 0 bridgehead atoms. The number of halogens is 2. The van der Waals surface area contributed by atoms with Gasteiger partial charge >= 0.3 is 0 Å². The molecule has 2 rings (SSSR count). The van der Waals surface area contributed by atoms with Crippen molar-refractivity contribution < 1.29 is 4.74 Å². The van der Waals surface area contributed by atoms with Gasteiger partial charge in [0.15, 0.2) is 0 Å². The lowest BCUT2D eigenvalue weighted by Crippen LogP contribution is -2.26. The molecule has 0 aliphatic carbocycles. The second-order valence-corrected chi connectivity index (χ2v) is 13.1. The van der Waals surface area contributed by atoms with Gasteiger partial charge < -0.3 is 4.74 Å². The van der Waals surface area contributed by atoms with Crippen LogP contribution in [0.25, 0.3) is 10.8 Å². The molecular weight excluding hydrogens is 372 g/mol. The zero-order chi connectivity index (χ0) is 15.6. The van der Waals surface area contributed by atoms with E-state index >= 15 is 0 Å². The van der Waals surface area contributed by atoms with Crippen molar-refractivity contribution in [2.24, 2.45) is 0 Å². The molecule has 1 aromatic heterocycles. The van der Waals surface area contributed by atoms with Crippen LogP contribution in [0.4, 0.5) is 0 Å². The molecule has 0 saturated heterocycles. The molecule has 0 unspecified atom stereocenters. The summed E-state index contributed by atoms with van der Waals surface area (Å²) >= 11 is 9.39. The molecule has 0 aliphatic rings. The molecule has 114 valence electrons. The Balaban J connectivity index is 2.19. The van der Waals surface area contributed by atoms with Crippen LogP contribution in [0.2, 0.25) is 30.7 Å². The van der Waals surface area contributed by atoms with Gasteiger partial charge in [-0.1, -0.05) is 47.2 Å². The van der Waals surface area contributed by atoms with Crippen LogP contribution >= 0.6 is 27.5 Å². The largest absolute Gasteiger partial charge is 0.359 e. The quantitative estimate of drug-likeness (QED) is 0.570. The Morgan fingerprint density at radius 2 is 2.05 bits per heavy atom. The van der Waals surface area contributed by atoms with Gasteiger partial charge in [0.05, 0.1) is 11.6 Å². The van der Waals surface area contributed by atoms with Gasteiger partial charge in [-0.05, 0) is 18.2 Å². The van der Waals surface area contributed by atoms with Crippen molar-refractivity contribution in [3.8, 4) is 0 Å². The number of ether oxygens (including phenoxy) is 1. The first-order valence-corrected chi connectivity index (χ1v) is 11.6. The number of benzene rings is 1. The van der Waals surface area contributed by atoms with E-state index in [0.29, 0.717) is 17.0 Å². The summed E-state index contributed by atoms with van der Waals surface area (Å²) in [5.41, 5.74) is -0.191. The van der Waals surface area contributed by atoms with Crippen LogP contribution < -0.4 is 5.56 Å². The Kier molecular flexibility index (Phi) is 5.24. The van der Waals surface area contributed by atoms with Crippen molar-refractivity contribution in [2.75, 3.05) is 6.61 Å². The van der Waals surface area contributed by atoms with Crippen LogP contribution in [0.15, 0.2) is 27.6 Å². The standard InChI is InChI=1S/C14H18BrClN2O2Si/c1-21(2,3)5-4-20-9-18-14(19)11-6-10(16)7-13(15)12(11)8-17-18/h6-8H,4-5,9H2,1-3H3. The number of rotatable bonds is 5. The van der Waals surface area contributed by atoms with E-state index < -0.39 is 8.07 Å². The minimum Gasteiger partial charge on any atom is -0.359 e.